The molecule has 1 heterocycles. The fraction of sp³-hybridized carbons (Fsp3) is 0.222. The minimum atomic E-state index is -0.0552. The Balaban J connectivity index is 1.61. The van der Waals surface area contributed by atoms with E-state index in [0.717, 1.165) is 17.0 Å². The number of aromatic nitrogens is 4. The first-order valence-corrected chi connectivity index (χ1v) is 9.95. The molecule has 10 heteroatoms. The fourth-order valence-corrected chi connectivity index (χ4v) is 3.54. The van der Waals surface area contributed by atoms with Gasteiger partial charge >= 0.3 is 0 Å². The summed E-state index contributed by atoms with van der Waals surface area (Å²) in [5.41, 5.74) is 1.68. The van der Waals surface area contributed by atoms with Crippen LogP contribution in [0.4, 0.5) is 0 Å². The summed E-state index contributed by atoms with van der Waals surface area (Å²) in [5.74, 6) is 0.888. The minimum Gasteiger partial charge on any atom is -0.497 e. The predicted octanol–water partition coefficient (Wildman–Crippen LogP) is 3.73. The Labute approximate surface area is 176 Å². The number of halogens is 2. The van der Waals surface area contributed by atoms with Gasteiger partial charge in [-0.05, 0) is 52.4 Å². The van der Waals surface area contributed by atoms with E-state index in [2.05, 4.69) is 15.5 Å². The van der Waals surface area contributed by atoms with Crippen LogP contribution in [0.2, 0.25) is 10.0 Å². The molecule has 0 unspecified atom stereocenters. The number of benzene rings is 2. The fourth-order valence-electron chi connectivity index (χ4n) is 2.39. The van der Waals surface area contributed by atoms with Crippen molar-refractivity contribution in [2.45, 2.75) is 11.7 Å². The van der Waals surface area contributed by atoms with E-state index in [1.807, 2.05) is 30.3 Å². The lowest BCUT2D eigenvalue weighted by molar-refractivity contribution is -0.127. The van der Waals surface area contributed by atoms with Crippen molar-refractivity contribution in [1.82, 2.24) is 25.1 Å². The Morgan fingerprint density at radius 2 is 1.93 bits per heavy atom. The van der Waals surface area contributed by atoms with Crippen LogP contribution in [0.1, 0.15) is 5.56 Å². The highest BCUT2D eigenvalue weighted by Gasteiger charge is 2.15. The highest BCUT2D eigenvalue weighted by atomic mass is 35.5. The van der Waals surface area contributed by atoms with E-state index in [-0.39, 0.29) is 11.7 Å². The topological polar surface area (TPSA) is 73.1 Å². The van der Waals surface area contributed by atoms with Crippen LogP contribution in [0, 0.1) is 0 Å². The van der Waals surface area contributed by atoms with Gasteiger partial charge in [-0.2, -0.15) is 4.68 Å². The molecule has 3 aromatic rings. The van der Waals surface area contributed by atoms with Gasteiger partial charge in [0.2, 0.25) is 11.1 Å². The molecule has 0 bridgehead atoms. The average molecular weight is 438 g/mol. The second-order valence-electron chi connectivity index (χ2n) is 5.86. The molecule has 1 aromatic heterocycles. The van der Waals surface area contributed by atoms with Gasteiger partial charge in [0.05, 0.1) is 28.6 Å². The van der Waals surface area contributed by atoms with Crippen LogP contribution < -0.4 is 4.74 Å². The van der Waals surface area contributed by atoms with Crippen molar-refractivity contribution in [2.75, 3.05) is 19.9 Å². The molecule has 0 N–H and O–H groups in total. The summed E-state index contributed by atoms with van der Waals surface area (Å²) in [6, 6.07) is 12.6. The van der Waals surface area contributed by atoms with E-state index in [1.54, 1.807) is 35.9 Å². The Morgan fingerprint density at radius 1 is 1.18 bits per heavy atom. The largest absolute Gasteiger partial charge is 0.497 e. The first-order valence-electron chi connectivity index (χ1n) is 8.21. The summed E-state index contributed by atoms with van der Waals surface area (Å²) in [6.07, 6.45) is 0. The summed E-state index contributed by atoms with van der Waals surface area (Å²) in [5, 5.41) is 13.2. The maximum absolute atomic E-state index is 12.5. The molecule has 3 rings (SSSR count). The number of tetrazole rings is 1. The monoisotopic (exact) mass is 437 g/mol. The highest BCUT2D eigenvalue weighted by Crippen LogP contribution is 2.24. The van der Waals surface area contributed by atoms with Crippen molar-refractivity contribution < 1.29 is 9.53 Å². The van der Waals surface area contributed by atoms with E-state index in [0.29, 0.717) is 21.7 Å². The maximum atomic E-state index is 12.5. The number of methoxy groups -OCH3 is 1. The standard InChI is InChI=1S/C18H17Cl2N5O2S/c1-24(10-12-3-8-15(19)16(20)9-12)17(26)11-28-18-21-22-23-25(18)13-4-6-14(27-2)7-5-13/h3-9H,10-11H2,1-2H3. The molecule has 1 amide bonds. The van der Waals surface area contributed by atoms with Gasteiger partial charge in [-0.25, -0.2) is 0 Å². The molecule has 0 spiro atoms. The lowest BCUT2D eigenvalue weighted by Gasteiger charge is -2.17. The highest BCUT2D eigenvalue weighted by molar-refractivity contribution is 7.99. The smallest absolute Gasteiger partial charge is 0.233 e. The molecule has 0 fully saturated rings. The van der Waals surface area contributed by atoms with Crippen molar-refractivity contribution in [3.05, 3.63) is 58.1 Å². The van der Waals surface area contributed by atoms with E-state index in [4.69, 9.17) is 27.9 Å². The Hall–Kier alpha value is -2.29. The van der Waals surface area contributed by atoms with Crippen LogP contribution in [0.25, 0.3) is 5.69 Å². The third-order valence-electron chi connectivity index (χ3n) is 3.91. The van der Waals surface area contributed by atoms with Gasteiger partial charge in [0, 0.05) is 13.6 Å². The van der Waals surface area contributed by atoms with E-state index >= 15 is 0 Å². The van der Waals surface area contributed by atoms with Crippen molar-refractivity contribution in [3.63, 3.8) is 0 Å². The molecule has 2 aromatic carbocycles. The van der Waals surface area contributed by atoms with Gasteiger partial charge in [0.1, 0.15) is 5.75 Å². The van der Waals surface area contributed by atoms with Gasteiger partial charge in [-0.1, -0.05) is 41.0 Å². The van der Waals surface area contributed by atoms with Crippen LogP contribution in [-0.4, -0.2) is 50.9 Å². The molecular weight excluding hydrogens is 421 g/mol. The van der Waals surface area contributed by atoms with Gasteiger partial charge in [0.25, 0.3) is 0 Å². The number of nitrogens with zero attached hydrogens (tertiary/aromatic N) is 5. The average Bonchev–Trinajstić information content (AvgIpc) is 3.17. The number of hydrogen-bond donors (Lipinski definition) is 0. The second kappa shape index (κ2) is 9.27. The van der Waals surface area contributed by atoms with Crippen LogP contribution >= 0.6 is 35.0 Å². The number of carbonyl (C=O) groups excluding carboxylic acids is 1. The van der Waals surface area contributed by atoms with Gasteiger partial charge < -0.3 is 9.64 Å². The van der Waals surface area contributed by atoms with E-state index in [9.17, 15) is 4.79 Å². The predicted molar refractivity (Wildman–Crippen MR) is 109 cm³/mol. The van der Waals surface area contributed by atoms with Gasteiger partial charge in [0.15, 0.2) is 0 Å². The lowest BCUT2D eigenvalue weighted by Crippen LogP contribution is -2.27. The van der Waals surface area contributed by atoms with E-state index in [1.165, 1.54) is 11.8 Å². The van der Waals surface area contributed by atoms with Crippen LogP contribution in [0.3, 0.4) is 0 Å². The van der Waals surface area contributed by atoms with Gasteiger partial charge in [-0.15, -0.1) is 5.10 Å². The maximum Gasteiger partial charge on any atom is 0.233 e. The summed E-state index contributed by atoms with van der Waals surface area (Å²) < 4.78 is 6.73. The molecule has 0 aliphatic carbocycles. The number of carbonyl (C=O) groups is 1. The molecule has 0 aliphatic rings. The summed E-state index contributed by atoms with van der Waals surface area (Å²) in [4.78, 5) is 14.1. The Kier molecular flexibility index (Phi) is 6.77. The number of ether oxygens (including phenoxy) is 1. The summed E-state index contributed by atoms with van der Waals surface area (Å²) >= 11 is 13.2. The normalized spacial score (nSPS) is 10.7. The number of amides is 1. The van der Waals surface area contributed by atoms with Crippen molar-refractivity contribution in [3.8, 4) is 11.4 Å². The third kappa shape index (κ3) is 4.95. The van der Waals surface area contributed by atoms with E-state index < -0.39 is 0 Å². The molecule has 146 valence electrons. The quantitative estimate of drug-likeness (QED) is 0.524. The van der Waals surface area contributed by atoms with Crippen LogP contribution in [0.5, 0.6) is 5.75 Å². The molecule has 0 radical (unpaired) electrons. The Bertz CT molecular complexity index is 965. The molecule has 0 saturated carbocycles. The lowest BCUT2D eigenvalue weighted by atomic mass is 10.2. The first kappa shape index (κ1) is 20.4. The number of hydrogen-bond acceptors (Lipinski definition) is 6. The summed E-state index contributed by atoms with van der Waals surface area (Å²) in [7, 11) is 3.34. The summed E-state index contributed by atoms with van der Waals surface area (Å²) in [6.45, 7) is 0.430. The second-order valence-corrected chi connectivity index (χ2v) is 7.62. The first-order chi connectivity index (χ1) is 13.5. The molecule has 7 nitrogen and oxygen atoms in total. The Morgan fingerprint density at radius 3 is 2.61 bits per heavy atom. The molecule has 0 saturated heterocycles. The van der Waals surface area contributed by atoms with Crippen molar-refractivity contribution in [1.29, 1.82) is 0 Å². The van der Waals surface area contributed by atoms with Crippen LogP contribution in [-0.2, 0) is 11.3 Å². The van der Waals surface area contributed by atoms with Gasteiger partial charge in [-0.3, -0.25) is 4.79 Å². The van der Waals surface area contributed by atoms with Crippen molar-refractivity contribution in [2.24, 2.45) is 0 Å². The molecule has 28 heavy (non-hydrogen) atoms. The molecular formula is C18H17Cl2N5O2S. The minimum absolute atomic E-state index is 0.0552. The SMILES string of the molecule is COc1ccc(-n2nnnc2SCC(=O)N(C)Cc2ccc(Cl)c(Cl)c2)cc1. The molecule has 0 aliphatic heterocycles. The zero-order valence-electron chi connectivity index (χ0n) is 15.2. The van der Waals surface area contributed by atoms with Crippen molar-refractivity contribution >= 4 is 40.9 Å². The zero-order valence-corrected chi connectivity index (χ0v) is 17.5. The molecule has 0 atom stereocenters. The number of rotatable bonds is 7. The number of thioether (sulfide) groups is 1. The third-order valence-corrected chi connectivity index (χ3v) is 5.56. The van der Waals surface area contributed by atoms with Crippen LogP contribution in [0.15, 0.2) is 47.6 Å². The zero-order chi connectivity index (χ0) is 20.1.